The number of rotatable bonds is 5. The largest absolute Gasteiger partial charge is 0.370 e. The first-order valence-electron chi connectivity index (χ1n) is 6.71. The third-order valence-corrected chi connectivity index (χ3v) is 4.97. The molecule has 0 amide bonds. The lowest BCUT2D eigenvalue weighted by atomic mass is 10.2. The molecule has 0 saturated heterocycles. The standard InChI is InChI=1S/C15H19N3O2S/c1-4-16-15-11-13(9-10-17-15)21(19,20)18(3)14-8-6-5-7-12(14)2/h5-11H,4H2,1-3H3,(H,16,17). The van der Waals surface area contributed by atoms with Crippen LogP contribution in [0.15, 0.2) is 47.5 Å². The van der Waals surface area contributed by atoms with Crippen molar-refractivity contribution in [2.45, 2.75) is 18.7 Å². The van der Waals surface area contributed by atoms with Crippen molar-refractivity contribution in [1.82, 2.24) is 4.98 Å². The molecular formula is C15H19N3O2S. The third kappa shape index (κ3) is 3.16. The number of sulfonamides is 1. The Morgan fingerprint density at radius 1 is 1.24 bits per heavy atom. The summed E-state index contributed by atoms with van der Waals surface area (Å²) < 4.78 is 26.7. The zero-order chi connectivity index (χ0) is 15.5. The normalized spacial score (nSPS) is 11.2. The lowest BCUT2D eigenvalue weighted by Crippen LogP contribution is -2.27. The molecule has 21 heavy (non-hydrogen) atoms. The first-order chi connectivity index (χ1) is 9.96. The fraction of sp³-hybridized carbons (Fsp3) is 0.267. The molecule has 1 aromatic carbocycles. The molecule has 1 N–H and O–H groups in total. The molecule has 0 aliphatic heterocycles. The highest BCUT2D eigenvalue weighted by Crippen LogP contribution is 2.25. The quantitative estimate of drug-likeness (QED) is 0.922. The predicted octanol–water partition coefficient (Wildman–Crippen LogP) is 2.65. The fourth-order valence-corrected chi connectivity index (χ4v) is 3.33. The second-order valence-electron chi connectivity index (χ2n) is 4.67. The minimum absolute atomic E-state index is 0.221. The van der Waals surface area contributed by atoms with Gasteiger partial charge in [-0.2, -0.15) is 0 Å². The number of hydrogen-bond acceptors (Lipinski definition) is 4. The van der Waals surface area contributed by atoms with Gasteiger partial charge in [0.2, 0.25) is 0 Å². The van der Waals surface area contributed by atoms with Crippen molar-refractivity contribution in [3.8, 4) is 0 Å². The van der Waals surface area contributed by atoms with Gasteiger partial charge in [0, 0.05) is 25.9 Å². The minimum atomic E-state index is -3.60. The number of para-hydroxylation sites is 1. The maximum absolute atomic E-state index is 12.7. The van der Waals surface area contributed by atoms with Gasteiger partial charge in [0.25, 0.3) is 10.0 Å². The van der Waals surface area contributed by atoms with Crippen LogP contribution >= 0.6 is 0 Å². The lowest BCUT2D eigenvalue weighted by Gasteiger charge is -2.21. The van der Waals surface area contributed by atoms with Gasteiger partial charge in [0.1, 0.15) is 5.82 Å². The number of aryl methyl sites for hydroxylation is 1. The average Bonchev–Trinajstić information content (AvgIpc) is 2.48. The summed E-state index contributed by atoms with van der Waals surface area (Å²) in [6.07, 6.45) is 1.50. The molecule has 0 aliphatic rings. The van der Waals surface area contributed by atoms with Crippen molar-refractivity contribution in [3.05, 3.63) is 48.2 Å². The van der Waals surface area contributed by atoms with E-state index in [4.69, 9.17) is 0 Å². The Bertz CT molecular complexity index is 729. The molecule has 6 heteroatoms. The number of benzene rings is 1. The van der Waals surface area contributed by atoms with E-state index in [1.807, 2.05) is 32.0 Å². The van der Waals surface area contributed by atoms with Crippen LogP contribution in [0.5, 0.6) is 0 Å². The maximum atomic E-state index is 12.7. The van der Waals surface area contributed by atoms with Gasteiger partial charge in [0.05, 0.1) is 10.6 Å². The topological polar surface area (TPSA) is 62.3 Å². The van der Waals surface area contributed by atoms with Gasteiger partial charge in [-0.3, -0.25) is 4.31 Å². The Morgan fingerprint density at radius 3 is 2.62 bits per heavy atom. The molecule has 2 aromatic rings. The summed E-state index contributed by atoms with van der Waals surface area (Å²) >= 11 is 0. The molecule has 0 unspecified atom stereocenters. The van der Waals surface area contributed by atoms with Crippen LogP contribution in [0.1, 0.15) is 12.5 Å². The highest BCUT2D eigenvalue weighted by Gasteiger charge is 2.22. The number of pyridine rings is 1. The van der Waals surface area contributed by atoms with Gasteiger partial charge in [-0.1, -0.05) is 18.2 Å². The Hall–Kier alpha value is -2.08. The molecule has 5 nitrogen and oxygen atoms in total. The second-order valence-corrected chi connectivity index (χ2v) is 6.64. The van der Waals surface area contributed by atoms with Gasteiger partial charge in [0.15, 0.2) is 0 Å². The van der Waals surface area contributed by atoms with Crippen LogP contribution in [0.3, 0.4) is 0 Å². The molecule has 0 bridgehead atoms. The fourth-order valence-electron chi connectivity index (χ4n) is 2.05. The van der Waals surface area contributed by atoms with Gasteiger partial charge >= 0.3 is 0 Å². The van der Waals surface area contributed by atoms with Crippen LogP contribution < -0.4 is 9.62 Å². The molecule has 1 heterocycles. The Kier molecular flexibility index (Phi) is 4.47. The van der Waals surface area contributed by atoms with E-state index < -0.39 is 10.0 Å². The molecule has 0 radical (unpaired) electrons. The van der Waals surface area contributed by atoms with Crippen LogP contribution in [-0.2, 0) is 10.0 Å². The lowest BCUT2D eigenvalue weighted by molar-refractivity contribution is 0.594. The first-order valence-corrected chi connectivity index (χ1v) is 8.15. The Labute approximate surface area is 125 Å². The van der Waals surface area contributed by atoms with E-state index in [9.17, 15) is 8.42 Å². The van der Waals surface area contributed by atoms with E-state index in [2.05, 4.69) is 10.3 Å². The van der Waals surface area contributed by atoms with Crippen LogP contribution in [0.2, 0.25) is 0 Å². The van der Waals surface area contributed by atoms with Crippen molar-refractivity contribution < 1.29 is 8.42 Å². The van der Waals surface area contributed by atoms with Crippen LogP contribution in [0.25, 0.3) is 0 Å². The molecule has 2 rings (SSSR count). The summed E-state index contributed by atoms with van der Waals surface area (Å²) in [5.41, 5.74) is 1.57. The van der Waals surface area contributed by atoms with Crippen LogP contribution in [0.4, 0.5) is 11.5 Å². The third-order valence-electron chi connectivity index (χ3n) is 3.20. The van der Waals surface area contributed by atoms with Crippen LogP contribution in [-0.4, -0.2) is 27.0 Å². The molecule has 112 valence electrons. The summed E-state index contributed by atoms with van der Waals surface area (Å²) in [4.78, 5) is 4.32. The van der Waals surface area contributed by atoms with E-state index in [-0.39, 0.29) is 4.90 Å². The monoisotopic (exact) mass is 305 g/mol. The van der Waals surface area contributed by atoms with Gasteiger partial charge in [-0.25, -0.2) is 13.4 Å². The number of nitrogens with zero attached hydrogens (tertiary/aromatic N) is 2. The van der Waals surface area contributed by atoms with Crippen molar-refractivity contribution in [2.75, 3.05) is 23.2 Å². The minimum Gasteiger partial charge on any atom is -0.370 e. The highest BCUT2D eigenvalue weighted by molar-refractivity contribution is 7.92. The molecule has 0 saturated carbocycles. The molecular weight excluding hydrogens is 286 g/mol. The highest BCUT2D eigenvalue weighted by atomic mass is 32.2. The van der Waals surface area contributed by atoms with Gasteiger partial charge in [-0.05, 0) is 31.5 Å². The zero-order valence-corrected chi connectivity index (χ0v) is 13.2. The SMILES string of the molecule is CCNc1cc(S(=O)(=O)N(C)c2ccccc2C)ccn1. The van der Waals surface area contributed by atoms with E-state index in [0.717, 1.165) is 5.56 Å². The van der Waals surface area contributed by atoms with Gasteiger partial charge < -0.3 is 5.32 Å². The first kappa shape index (κ1) is 15.3. The summed E-state index contributed by atoms with van der Waals surface area (Å²) in [7, 11) is -2.04. The average molecular weight is 305 g/mol. The van der Waals surface area contributed by atoms with Crippen LogP contribution in [0, 0.1) is 6.92 Å². The molecule has 0 spiro atoms. The number of aromatic nitrogens is 1. The molecule has 0 atom stereocenters. The summed E-state index contributed by atoms with van der Waals surface area (Å²) in [6, 6.07) is 10.4. The van der Waals surface area contributed by atoms with Crippen molar-refractivity contribution >= 4 is 21.5 Å². The Morgan fingerprint density at radius 2 is 1.95 bits per heavy atom. The maximum Gasteiger partial charge on any atom is 0.264 e. The van der Waals surface area contributed by atoms with Crippen molar-refractivity contribution in [3.63, 3.8) is 0 Å². The van der Waals surface area contributed by atoms with Gasteiger partial charge in [-0.15, -0.1) is 0 Å². The second kappa shape index (κ2) is 6.13. The number of hydrogen-bond donors (Lipinski definition) is 1. The smallest absolute Gasteiger partial charge is 0.264 e. The van der Waals surface area contributed by atoms with E-state index in [1.54, 1.807) is 19.2 Å². The summed E-state index contributed by atoms with van der Waals surface area (Å²) in [6.45, 7) is 4.50. The van der Waals surface area contributed by atoms with E-state index in [0.29, 0.717) is 18.1 Å². The summed E-state index contributed by atoms with van der Waals surface area (Å²) in [5.74, 6) is 0.553. The van der Waals surface area contributed by atoms with Crippen molar-refractivity contribution in [2.24, 2.45) is 0 Å². The van der Waals surface area contributed by atoms with E-state index >= 15 is 0 Å². The summed E-state index contributed by atoms with van der Waals surface area (Å²) in [5, 5.41) is 3.02. The predicted molar refractivity (Wildman–Crippen MR) is 85.2 cm³/mol. The number of anilines is 2. The zero-order valence-electron chi connectivity index (χ0n) is 12.4. The van der Waals surface area contributed by atoms with E-state index in [1.165, 1.54) is 16.6 Å². The number of nitrogens with one attached hydrogen (secondary N) is 1. The van der Waals surface area contributed by atoms with Crippen molar-refractivity contribution in [1.29, 1.82) is 0 Å². The molecule has 1 aromatic heterocycles. The molecule has 0 aliphatic carbocycles. The Balaban J connectivity index is 2.42. The molecule has 0 fully saturated rings.